The third kappa shape index (κ3) is 6.22. The van der Waals surface area contributed by atoms with E-state index in [0.29, 0.717) is 30.2 Å². The van der Waals surface area contributed by atoms with Gasteiger partial charge in [0.15, 0.2) is 0 Å². The van der Waals surface area contributed by atoms with E-state index in [2.05, 4.69) is 4.98 Å². The first-order chi connectivity index (χ1) is 17.7. The average molecular weight is 526 g/mol. The molecule has 3 aromatic rings. The van der Waals surface area contributed by atoms with Crippen LogP contribution in [0, 0.1) is 6.92 Å². The molecular weight excluding hydrogens is 490 g/mol. The van der Waals surface area contributed by atoms with E-state index in [1.807, 2.05) is 45.0 Å². The van der Waals surface area contributed by atoms with Crippen LogP contribution < -0.4 is 4.74 Å². The second-order valence-corrected chi connectivity index (χ2v) is 11.6. The van der Waals surface area contributed by atoms with Crippen LogP contribution in [0.1, 0.15) is 59.9 Å². The Morgan fingerprint density at radius 2 is 1.92 bits per heavy atom. The molecular formula is C28H35N3O5S. The van der Waals surface area contributed by atoms with E-state index < -0.39 is 9.84 Å². The number of aryl methyl sites for hydroxylation is 1. The van der Waals surface area contributed by atoms with Gasteiger partial charge in [-0.15, -0.1) is 0 Å². The Morgan fingerprint density at radius 1 is 1.19 bits per heavy atom. The molecule has 37 heavy (non-hydrogen) atoms. The van der Waals surface area contributed by atoms with E-state index >= 15 is 0 Å². The summed E-state index contributed by atoms with van der Waals surface area (Å²) in [6.45, 7) is 7.07. The molecule has 1 fully saturated rings. The molecule has 1 unspecified atom stereocenters. The highest BCUT2D eigenvalue weighted by Crippen LogP contribution is 2.25. The van der Waals surface area contributed by atoms with Crippen LogP contribution in [0.5, 0.6) is 5.75 Å². The third-order valence-corrected chi connectivity index (χ3v) is 8.22. The predicted octanol–water partition coefficient (Wildman–Crippen LogP) is 4.58. The normalized spacial score (nSPS) is 15.8. The van der Waals surface area contributed by atoms with Crippen molar-refractivity contribution in [1.82, 2.24) is 14.5 Å². The van der Waals surface area contributed by atoms with E-state index in [-0.39, 0.29) is 35.5 Å². The van der Waals surface area contributed by atoms with Crippen molar-refractivity contribution in [2.75, 3.05) is 20.3 Å². The van der Waals surface area contributed by atoms with Crippen molar-refractivity contribution < 1.29 is 22.7 Å². The number of rotatable bonds is 10. The summed E-state index contributed by atoms with van der Waals surface area (Å²) in [6.07, 6.45) is 3.36. The van der Waals surface area contributed by atoms with Gasteiger partial charge in [-0.1, -0.05) is 24.3 Å². The molecule has 0 spiro atoms. The summed E-state index contributed by atoms with van der Waals surface area (Å²) in [5.74, 6) is 0.385. The fourth-order valence-electron chi connectivity index (χ4n) is 4.68. The molecule has 2 heterocycles. The number of ether oxygens (including phenoxy) is 2. The maximum absolute atomic E-state index is 13.6. The van der Waals surface area contributed by atoms with E-state index in [4.69, 9.17) is 9.47 Å². The van der Waals surface area contributed by atoms with Crippen LogP contribution in [-0.4, -0.2) is 55.1 Å². The number of nitrogens with zero attached hydrogens (tertiary/aromatic N) is 3. The van der Waals surface area contributed by atoms with Gasteiger partial charge in [-0.25, -0.2) is 13.4 Å². The van der Waals surface area contributed by atoms with Gasteiger partial charge in [-0.3, -0.25) is 4.79 Å². The monoisotopic (exact) mass is 525 g/mol. The number of amides is 1. The van der Waals surface area contributed by atoms with Gasteiger partial charge in [0.2, 0.25) is 15.0 Å². The Balaban J connectivity index is 1.65. The van der Waals surface area contributed by atoms with E-state index in [1.54, 1.807) is 47.0 Å². The summed E-state index contributed by atoms with van der Waals surface area (Å²) >= 11 is 0. The summed E-state index contributed by atoms with van der Waals surface area (Å²) < 4.78 is 39.7. The molecule has 1 aliphatic rings. The number of carbonyl (C=O) groups excluding carboxylic acids is 1. The molecule has 1 amide bonds. The average Bonchev–Trinajstić information content (AvgIpc) is 3.55. The number of methoxy groups -OCH3 is 1. The minimum absolute atomic E-state index is 0.0229. The van der Waals surface area contributed by atoms with Gasteiger partial charge in [-0.2, -0.15) is 0 Å². The first-order valence-electron chi connectivity index (χ1n) is 12.6. The van der Waals surface area contributed by atoms with Crippen molar-refractivity contribution in [3.05, 3.63) is 77.1 Å². The van der Waals surface area contributed by atoms with E-state index in [1.165, 1.54) is 0 Å². The standard InChI is InChI=1S/C28H35N3O5S/c1-20(2)31-24(16-29-28(31)37(33,34)19-23-9-6-5-8-21(23)3)17-30(18-26-10-7-15-36-26)27(32)22-11-13-25(35-4)14-12-22/h5-6,8-9,11-14,16,20,26H,7,10,15,17-19H2,1-4H3. The molecule has 8 nitrogen and oxygen atoms in total. The summed E-state index contributed by atoms with van der Waals surface area (Å²) in [7, 11) is -2.14. The van der Waals surface area contributed by atoms with Crippen LogP contribution >= 0.6 is 0 Å². The number of carbonyl (C=O) groups is 1. The Kier molecular flexibility index (Phi) is 8.34. The summed E-state index contributed by atoms with van der Waals surface area (Å²) in [6, 6.07) is 14.3. The van der Waals surface area contributed by atoms with Gasteiger partial charge >= 0.3 is 0 Å². The molecule has 1 atom stereocenters. The van der Waals surface area contributed by atoms with Crippen molar-refractivity contribution in [1.29, 1.82) is 0 Å². The number of benzene rings is 2. The minimum Gasteiger partial charge on any atom is -0.497 e. The fourth-order valence-corrected chi connectivity index (χ4v) is 6.39. The van der Waals surface area contributed by atoms with E-state index in [0.717, 1.165) is 24.0 Å². The lowest BCUT2D eigenvalue weighted by molar-refractivity contribution is 0.0500. The Labute approximate surface area is 219 Å². The van der Waals surface area contributed by atoms with Crippen molar-refractivity contribution >= 4 is 15.7 Å². The van der Waals surface area contributed by atoms with Crippen molar-refractivity contribution in [3.8, 4) is 5.75 Å². The number of sulfone groups is 1. The number of imidazole rings is 1. The summed E-state index contributed by atoms with van der Waals surface area (Å²) in [5, 5.41) is 0.0229. The van der Waals surface area contributed by atoms with Gasteiger partial charge in [0, 0.05) is 24.8 Å². The predicted molar refractivity (Wildman–Crippen MR) is 141 cm³/mol. The lowest BCUT2D eigenvalue weighted by Crippen LogP contribution is -2.37. The third-order valence-electron chi connectivity index (χ3n) is 6.67. The van der Waals surface area contributed by atoms with Crippen LogP contribution in [0.25, 0.3) is 0 Å². The molecule has 4 rings (SSSR count). The lowest BCUT2D eigenvalue weighted by atomic mass is 10.1. The molecule has 1 aliphatic heterocycles. The van der Waals surface area contributed by atoms with Gasteiger partial charge in [0.25, 0.3) is 5.91 Å². The molecule has 0 aliphatic carbocycles. The summed E-state index contributed by atoms with van der Waals surface area (Å²) in [4.78, 5) is 19.7. The highest BCUT2D eigenvalue weighted by Gasteiger charge is 2.29. The van der Waals surface area contributed by atoms with Crippen LogP contribution in [0.2, 0.25) is 0 Å². The zero-order valence-corrected chi connectivity index (χ0v) is 22.7. The summed E-state index contributed by atoms with van der Waals surface area (Å²) in [5.41, 5.74) is 2.86. The molecule has 2 aromatic carbocycles. The molecule has 198 valence electrons. The first kappa shape index (κ1) is 26.9. The molecule has 1 aromatic heterocycles. The van der Waals surface area contributed by atoms with Crippen LogP contribution in [0.15, 0.2) is 59.9 Å². The molecule has 0 radical (unpaired) electrons. The highest BCUT2D eigenvalue weighted by atomic mass is 32.2. The Hall–Kier alpha value is -3.17. The smallest absolute Gasteiger partial charge is 0.254 e. The quantitative estimate of drug-likeness (QED) is 0.385. The van der Waals surface area contributed by atoms with Crippen molar-refractivity contribution in [3.63, 3.8) is 0 Å². The number of hydrogen-bond acceptors (Lipinski definition) is 6. The second-order valence-electron chi connectivity index (χ2n) is 9.73. The molecule has 1 saturated heterocycles. The van der Waals surface area contributed by atoms with Crippen LogP contribution in [0.4, 0.5) is 0 Å². The van der Waals surface area contributed by atoms with E-state index in [9.17, 15) is 13.2 Å². The maximum atomic E-state index is 13.6. The van der Waals surface area contributed by atoms with Crippen molar-refractivity contribution in [2.24, 2.45) is 0 Å². The second kappa shape index (κ2) is 11.5. The van der Waals surface area contributed by atoms with Gasteiger partial charge in [-0.05, 0) is 69.0 Å². The van der Waals surface area contributed by atoms with Gasteiger partial charge in [0.1, 0.15) is 5.75 Å². The van der Waals surface area contributed by atoms with Crippen LogP contribution in [-0.2, 0) is 26.9 Å². The topological polar surface area (TPSA) is 90.7 Å². The minimum atomic E-state index is -3.72. The first-order valence-corrected chi connectivity index (χ1v) is 14.2. The highest BCUT2D eigenvalue weighted by molar-refractivity contribution is 7.90. The molecule has 0 saturated carbocycles. The molecule has 0 N–H and O–H groups in total. The maximum Gasteiger partial charge on any atom is 0.254 e. The number of hydrogen-bond donors (Lipinski definition) is 0. The molecule has 0 bridgehead atoms. The molecule has 9 heteroatoms. The van der Waals surface area contributed by atoms with Crippen molar-refractivity contribution in [2.45, 2.75) is 63.2 Å². The SMILES string of the molecule is COc1ccc(C(=O)N(Cc2cnc(S(=O)(=O)Cc3ccccc3C)n2C(C)C)CC2CCCO2)cc1. The van der Waals surface area contributed by atoms with Gasteiger partial charge in [0.05, 0.1) is 37.4 Å². The Morgan fingerprint density at radius 3 is 2.54 bits per heavy atom. The lowest BCUT2D eigenvalue weighted by Gasteiger charge is -2.27. The fraction of sp³-hybridized carbons (Fsp3) is 0.429. The zero-order chi connectivity index (χ0) is 26.6. The largest absolute Gasteiger partial charge is 0.497 e. The zero-order valence-electron chi connectivity index (χ0n) is 21.9. The Bertz CT molecular complexity index is 1330. The van der Waals surface area contributed by atoms with Crippen LogP contribution in [0.3, 0.4) is 0 Å². The number of aromatic nitrogens is 2. The van der Waals surface area contributed by atoms with Gasteiger partial charge < -0.3 is 18.9 Å².